The Morgan fingerprint density at radius 1 is 1.20 bits per heavy atom. The van der Waals surface area contributed by atoms with Gasteiger partial charge in [0.1, 0.15) is 11.5 Å². The minimum atomic E-state index is -0.486. The molecule has 25 heavy (non-hydrogen) atoms. The molecule has 0 unspecified atom stereocenters. The fourth-order valence-corrected chi connectivity index (χ4v) is 2.56. The summed E-state index contributed by atoms with van der Waals surface area (Å²) in [5.41, 5.74) is 1.91. The standard InChI is InChI=1S/C19H15ClO5/c1-11-15(24-10-17(21)23-2)8-7-14-18(22)16(25-19(11)14)9-12-3-5-13(20)6-4-12/h3-9H,10H2,1-2H3/b16-9-. The molecule has 5 nitrogen and oxygen atoms in total. The second-order valence-electron chi connectivity index (χ2n) is 5.42. The Morgan fingerprint density at radius 3 is 2.60 bits per heavy atom. The monoisotopic (exact) mass is 358 g/mol. The van der Waals surface area contributed by atoms with Crippen LogP contribution in [-0.2, 0) is 9.53 Å². The van der Waals surface area contributed by atoms with Crippen molar-refractivity contribution in [1.29, 1.82) is 0 Å². The molecule has 0 aromatic heterocycles. The molecule has 0 bridgehead atoms. The summed E-state index contributed by atoms with van der Waals surface area (Å²) in [5.74, 6) is 0.440. The maximum absolute atomic E-state index is 12.5. The van der Waals surface area contributed by atoms with Gasteiger partial charge in [-0.2, -0.15) is 0 Å². The summed E-state index contributed by atoms with van der Waals surface area (Å²) >= 11 is 5.86. The molecule has 0 saturated carbocycles. The molecule has 1 aliphatic rings. The van der Waals surface area contributed by atoms with Crippen LogP contribution in [0.4, 0.5) is 0 Å². The summed E-state index contributed by atoms with van der Waals surface area (Å²) < 4.78 is 15.7. The maximum Gasteiger partial charge on any atom is 0.343 e. The van der Waals surface area contributed by atoms with E-state index in [1.807, 2.05) is 0 Å². The van der Waals surface area contributed by atoms with Crippen LogP contribution in [0.15, 0.2) is 42.2 Å². The fraction of sp³-hybridized carbons (Fsp3) is 0.158. The third kappa shape index (κ3) is 3.51. The van der Waals surface area contributed by atoms with Crippen molar-refractivity contribution in [3.8, 4) is 11.5 Å². The van der Waals surface area contributed by atoms with E-state index >= 15 is 0 Å². The zero-order valence-corrected chi connectivity index (χ0v) is 14.4. The van der Waals surface area contributed by atoms with Crippen LogP contribution in [0.25, 0.3) is 6.08 Å². The molecule has 0 saturated heterocycles. The summed E-state index contributed by atoms with van der Waals surface area (Å²) in [4.78, 5) is 23.7. The predicted molar refractivity (Wildman–Crippen MR) is 93.1 cm³/mol. The first-order valence-electron chi connectivity index (χ1n) is 7.52. The second-order valence-corrected chi connectivity index (χ2v) is 5.86. The molecule has 1 heterocycles. The van der Waals surface area contributed by atoms with Gasteiger partial charge in [0, 0.05) is 10.6 Å². The smallest absolute Gasteiger partial charge is 0.343 e. The van der Waals surface area contributed by atoms with Gasteiger partial charge < -0.3 is 14.2 Å². The Morgan fingerprint density at radius 2 is 1.92 bits per heavy atom. The lowest BCUT2D eigenvalue weighted by Gasteiger charge is -2.10. The molecule has 2 aromatic carbocycles. The molecule has 2 aromatic rings. The highest BCUT2D eigenvalue weighted by molar-refractivity contribution is 6.30. The molecular weight excluding hydrogens is 344 g/mol. The van der Waals surface area contributed by atoms with Crippen molar-refractivity contribution in [3.63, 3.8) is 0 Å². The van der Waals surface area contributed by atoms with Gasteiger partial charge in [-0.05, 0) is 42.8 Å². The zero-order valence-electron chi connectivity index (χ0n) is 13.7. The van der Waals surface area contributed by atoms with Crippen molar-refractivity contribution in [1.82, 2.24) is 0 Å². The molecule has 3 rings (SSSR count). The summed E-state index contributed by atoms with van der Waals surface area (Å²) in [5, 5.41) is 0.618. The highest BCUT2D eigenvalue weighted by Crippen LogP contribution is 2.39. The molecule has 0 spiro atoms. The molecule has 6 heteroatoms. The van der Waals surface area contributed by atoms with Gasteiger partial charge in [0.15, 0.2) is 12.4 Å². The van der Waals surface area contributed by atoms with Crippen molar-refractivity contribution in [2.45, 2.75) is 6.92 Å². The third-order valence-corrected chi connectivity index (χ3v) is 4.03. The lowest BCUT2D eigenvalue weighted by Crippen LogP contribution is -2.13. The largest absolute Gasteiger partial charge is 0.481 e. The van der Waals surface area contributed by atoms with Crippen LogP contribution in [0.5, 0.6) is 11.5 Å². The third-order valence-electron chi connectivity index (χ3n) is 3.78. The first-order valence-corrected chi connectivity index (χ1v) is 7.90. The zero-order chi connectivity index (χ0) is 18.0. The lowest BCUT2D eigenvalue weighted by molar-refractivity contribution is -0.142. The highest BCUT2D eigenvalue weighted by atomic mass is 35.5. The number of allylic oxidation sites excluding steroid dienone is 1. The fourth-order valence-electron chi connectivity index (χ4n) is 2.43. The van der Waals surface area contributed by atoms with Crippen molar-refractivity contribution in [3.05, 3.63) is 63.9 Å². The Labute approximate surface area is 149 Å². The number of esters is 1. The molecule has 0 radical (unpaired) electrons. The Balaban J connectivity index is 1.86. The first kappa shape index (κ1) is 17.0. The van der Waals surface area contributed by atoms with Crippen LogP contribution < -0.4 is 9.47 Å². The van der Waals surface area contributed by atoms with E-state index in [2.05, 4.69) is 4.74 Å². The Bertz CT molecular complexity index is 868. The van der Waals surface area contributed by atoms with E-state index in [-0.39, 0.29) is 18.1 Å². The number of ether oxygens (including phenoxy) is 3. The number of carbonyl (C=O) groups excluding carboxylic acids is 2. The van der Waals surface area contributed by atoms with Gasteiger partial charge in [0.05, 0.1) is 12.7 Å². The molecule has 0 atom stereocenters. The quantitative estimate of drug-likeness (QED) is 0.614. The summed E-state index contributed by atoms with van der Waals surface area (Å²) in [6.07, 6.45) is 1.66. The average molecular weight is 359 g/mol. The van der Waals surface area contributed by atoms with Crippen LogP contribution >= 0.6 is 11.6 Å². The topological polar surface area (TPSA) is 61.8 Å². The van der Waals surface area contributed by atoms with Gasteiger partial charge in [-0.1, -0.05) is 23.7 Å². The lowest BCUT2D eigenvalue weighted by atomic mass is 10.1. The van der Waals surface area contributed by atoms with E-state index in [1.165, 1.54) is 7.11 Å². The Kier molecular flexibility index (Phi) is 4.76. The number of fused-ring (bicyclic) bond motifs is 1. The van der Waals surface area contributed by atoms with Crippen LogP contribution in [0.1, 0.15) is 21.5 Å². The number of rotatable bonds is 4. The van der Waals surface area contributed by atoms with Crippen LogP contribution in [-0.4, -0.2) is 25.5 Å². The predicted octanol–water partition coefficient (Wildman–Crippen LogP) is 3.82. The van der Waals surface area contributed by atoms with Gasteiger partial charge >= 0.3 is 5.97 Å². The number of benzene rings is 2. The van der Waals surface area contributed by atoms with E-state index in [9.17, 15) is 9.59 Å². The van der Waals surface area contributed by atoms with E-state index in [0.29, 0.717) is 27.6 Å². The van der Waals surface area contributed by atoms with Crippen LogP contribution in [0.2, 0.25) is 5.02 Å². The van der Waals surface area contributed by atoms with Gasteiger partial charge in [0.2, 0.25) is 5.78 Å². The van der Waals surface area contributed by atoms with Crippen LogP contribution in [0.3, 0.4) is 0 Å². The van der Waals surface area contributed by atoms with Crippen LogP contribution in [0, 0.1) is 6.92 Å². The average Bonchev–Trinajstić information content (AvgIpc) is 2.93. The van der Waals surface area contributed by atoms with Gasteiger partial charge in [0.25, 0.3) is 0 Å². The minimum absolute atomic E-state index is 0.201. The molecular formula is C19H15ClO5. The molecule has 0 amide bonds. The SMILES string of the molecule is COC(=O)COc1ccc2c(c1C)O/C(=C\c1ccc(Cl)cc1)C2=O. The Hall–Kier alpha value is -2.79. The minimum Gasteiger partial charge on any atom is -0.481 e. The van der Waals surface area contributed by atoms with Crippen molar-refractivity contribution < 1.29 is 23.8 Å². The summed E-state index contributed by atoms with van der Waals surface area (Å²) in [7, 11) is 1.29. The molecule has 0 fully saturated rings. The number of carbonyl (C=O) groups is 2. The molecule has 0 N–H and O–H groups in total. The van der Waals surface area contributed by atoms with Crippen molar-refractivity contribution in [2.75, 3.05) is 13.7 Å². The van der Waals surface area contributed by atoms with Gasteiger partial charge in [-0.3, -0.25) is 4.79 Å². The molecule has 128 valence electrons. The maximum atomic E-state index is 12.5. The summed E-state index contributed by atoms with van der Waals surface area (Å²) in [6, 6.07) is 10.3. The van der Waals surface area contributed by atoms with E-state index < -0.39 is 5.97 Å². The van der Waals surface area contributed by atoms with Gasteiger partial charge in [-0.25, -0.2) is 4.79 Å². The number of hydrogen-bond acceptors (Lipinski definition) is 5. The normalized spacial score (nSPS) is 14.2. The van der Waals surface area contributed by atoms with E-state index in [4.69, 9.17) is 21.1 Å². The van der Waals surface area contributed by atoms with Crippen molar-refractivity contribution >= 4 is 29.4 Å². The number of hydrogen-bond donors (Lipinski definition) is 0. The van der Waals surface area contributed by atoms with Gasteiger partial charge in [-0.15, -0.1) is 0 Å². The highest BCUT2D eigenvalue weighted by Gasteiger charge is 2.30. The number of ketones is 1. The second kappa shape index (κ2) is 6.99. The van der Waals surface area contributed by atoms with E-state index in [0.717, 1.165) is 5.56 Å². The molecule has 1 aliphatic heterocycles. The first-order chi connectivity index (χ1) is 12.0. The number of halogens is 1. The molecule has 0 aliphatic carbocycles. The van der Waals surface area contributed by atoms with E-state index in [1.54, 1.807) is 49.4 Å². The number of Topliss-reactive ketones (excluding diaryl/α,β-unsaturated/α-hetero) is 1. The van der Waals surface area contributed by atoms with Crippen molar-refractivity contribution in [2.24, 2.45) is 0 Å². The number of methoxy groups -OCH3 is 1. The summed E-state index contributed by atoms with van der Waals surface area (Å²) in [6.45, 7) is 1.56.